The molecule has 0 saturated carbocycles. The summed E-state index contributed by atoms with van der Waals surface area (Å²) in [7, 11) is -0.744. The van der Waals surface area contributed by atoms with Crippen LogP contribution in [0.1, 0.15) is 29.8 Å². The number of halogens is 3. The molecule has 0 spiro atoms. The fraction of sp³-hybridized carbons (Fsp3) is 0.333. The van der Waals surface area contributed by atoms with Crippen molar-refractivity contribution < 1.29 is 17.9 Å². The molecule has 0 amide bonds. The van der Waals surface area contributed by atoms with Gasteiger partial charge in [0.05, 0.1) is 29.4 Å². The minimum Gasteiger partial charge on any atom is -0.387 e. The van der Waals surface area contributed by atoms with Crippen molar-refractivity contribution in [2.75, 3.05) is 20.6 Å². The minimum absolute atomic E-state index is 0. The Morgan fingerprint density at radius 3 is 2.52 bits per heavy atom. The molecule has 3 aromatic heterocycles. The smallest absolute Gasteiger partial charge is 0.260 e. The number of aliphatic hydroxyl groups excluding tert-OH is 1. The molecule has 3 N–H and O–H groups in total. The highest BCUT2D eigenvalue weighted by molar-refractivity contribution is 7.89. The van der Waals surface area contributed by atoms with Crippen molar-refractivity contribution in [2.45, 2.75) is 31.0 Å². The van der Waals surface area contributed by atoms with Crippen molar-refractivity contribution in [1.82, 2.24) is 18.8 Å². The standard InChI is InChI=1S/C21H26FN5O3S.2ClH/c1-14(28)21-17(11-15-6-7-19(25-12-15)31(29,30)26(2)3)20-18(5-4-10-24-20)27(21)13-16(22)8-9-23;;/h4-8,10,12,14,28H,9,11,13,23H2,1-3H3;2*1H/b16-8-;;. The molecular weight excluding hydrogens is 492 g/mol. The van der Waals surface area contributed by atoms with E-state index in [1.807, 2.05) is 6.07 Å². The van der Waals surface area contributed by atoms with E-state index in [4.69, 9.17) is 5.73 Å². The summed E-state index contributed by atoms with van der Waals surface area (Å²) in [4.78, 5) is 8.55. The molecule has 0 saturated heterocycles. The van der Waals surface area contributed by atoms with Crippen molar-refractivity contribution in [2.24, 2.45) is 5.73 Å². The molecule has 8 nitrogen and oxygen atoms in total. The van der Waals surface area contributed by atoms with Gasteiger partial charge in [-0.25, -0.2) is 22.1 Å². The fourth-order valence-electron chi connectivity index (χ4n) is 3.49. The van der Waals surface area contributed by atoms with Gasteiger partial charge in [-0.05, 0) is 36.8 Å². The molecule has 0 aliphatic rings. The van der Waals surface area contributed by atoms with Crippen LogP contribution >= 0.6 is 24.8 Å². The molecule has 182 valence electrons. The highest BCUT2D eigenvalue weighted by Gasteiger charge is 2.23. The van der Waals surface area contributed by atoms with Crippen LogP contribution in [0.15, 0.2) is 53.6 Å². The first-order chi connectivity index (χ1) is 14.7. The molecule has 0 radical (unpaired) electrons. The summed E-state index contributed by atoms with van der Waals surface area (Å²) in [6, 6.07) is 6.69. The number of hydrogen-bond acceptors (Lipinski definition) is 6. The topological polar surface area (TPSA) is 114 Å². The van der Waals surface area contributed by atoms with Crippen molar-refractivity contribution in [3.05, 3.63) is 65.4 Å². The summed E-state index contributed by atoms with van der Waals surface area (Å²) in [5.41, 5.74) is 8.77. The second-order valence-corrected chi connectivity index (χ2v) is 9.45. The summed E-state index contributed by atoms with van der Waals surface area (Å²) < 4.78 is 41.6. The van der Waals surface area contributed by atoms with Crippen LogP contribution in [0.25, 0.3) is 11.0 Å². The third-order valence-corrected chi connectivity index (χ3v) is 6.66. The van der Waals surface area contributed by atoms with Gasteiger partial charge in [-0.15, -0.1) is 24.8 Å². The van der Waals surface area contributed by atoms with Crippen molar-refractivity contribution in [3.63, 3.8) is 0 Å². The quantitative estimate of drug-likeness (QED) is 0.472. The maximum Gasteiger partial charge on any atom is 0.260 e. The van der Waals surface area contributed by atoms with Crippen LogP contribution in [0.2, 0.25) is 0 Å². The number of hydrogen-bond donors (Lipinski definition) is 2. The molecule has 1 atom stereocenters. The van der Waals surface area contributed by atoms with Crippen molar-refractivity contribution in [1.29, 1.82) is 0 Å². The van der Waals surface area contributed by atoms with E-state index in [0.29, 0.717) is 23.1 Å². The van der Waals surface area contributed by atoms with Crippen LogP contribution in [0.4, 0.5) is 4.39 Å². The molecule has 3 heterocycles. The maximum atomic E-state index is 14.3. The summed E-state index contributed by atoms with van der Waals surface area (Å²) >= 11 is 0. The van der Waals surface area contributed by atoms with Crippen LogP contribution in [-0.2, 0) is 23.0 Å². The number of pyridine rings is 2. The van der Waals surface area contributed by atoms with E-state index in [9.17, 15) is 17.9 Å². The largest absolute Gasteiger partial charge is 0.387 e. The number of aromatic nitrogens is 3. The second kappa shape index (κ2) is 11.9. The lowest BCUT2D eigenvalue weighted by Gasteiger charge is -2.14. The predicted molar refractivity (Wildman–Crippen MR) is 131 cm³/mol. The minimum atomic E-state index is -3.63. The summed E-state index contributed by atoms with van der Waals surface area (Å²) in [6.07, 6.45) is 3.89. The van der Waals surface area contributed by atoms with Crippen molar-refractivity contribution in [3.8, 4) is 0 Å². The first-order valence-electron chi connectivity index (χ1n) is 9.73. The van der Waals surface area contributed by atoms with E-state index in [1.54, 1.807) is 29.8 Å². The Morgan fingerprint density at radius 1 is 1.27 bits per heavy atom. The lowest BCUT2D eigenvalue weighted by Crippen LogP contribution is -2.23. The summed E-state index contributed by atoms with van der Waals surface area (Å²) in [5, 5.41) is 10.5. The van der Waals surface area contributed by atoms with Gasteiger partial charge in [0, 0.05) is 45.0 Å². The molecular formula is C21H28Cl2FN5O3S. The summed E-state index contributed by atoms with van der Waals surface area (Å²) in [6.45, 7) is 1.62. The van der Waals surface area contributed by atoms with Crippen LogP contribution in [0.3, 0.4) is 0 Å². The predicted octanol–water partition coefficient (Wildman–Crippen LogP) is 2.98. The van der Waals surface area contributed by atoms with Crippen molar-refractivity contribution >= 4 is 45.9 Å². The van der Waals surface area contributed by atoms with E-state index in [2.05, 4.69) is 9.97 Å². The highest BCUT2D eigenvalue weighted by Crippen LogP contribution is 2.32. The molecule has 12 heteroatoms. The van der Waals surface area contributed by atoms with E-state index in [-0.39, 0.29) is 42.9 Å². The average Bonchev–Trinajstić information content (AvgIpc) is 3.02. The molecule has 0 aliphatic carbocycles. The Morgan fingerprint density at radius 2 is 1.97 bits per heavy atom. The zero-order valence-corrected chi connectivity index (χ0v) is 20.9. The van der Waals surface area contributed by atoms with Crippen LogP contribution in [0, 0.1) is 0 Å². The maximum absolute atomic E-state index is 14.3. The first kappa shape index (κ1) is 29.0. The molecule has 3 rings (SSSR count). The highest BCUT2D eigenvalue weighted by atomic mass is 35.5. The molecule has 1 unspecified atom stereocenters. The zero-order valence-electron chi connectivity index (χ0n) is 18.5. The number of aliphatic hydroxyl groups is 1. The van der Waals surface area contributed by atoms with E-state index < -0.39 is 22.0 Å². The number of rotatable bonds is 8. The van der Waals surface area contributed by atoms with Gasteiger partial charge < -0.3 is 15.4 Å². The van der Waals surface area contributed by atoms with E-state index >= 15 is 0 Å². The zero-order chi connectivity index (χ0) is 22.8. The molecule has 0 bridgehead atoms. The SMILES string of the molecule is CC(O)c1c(Cc2ccc(S(=O)(=O)N(C)C)nc2)c2ncccc2n1C/C(F)=C/CN.Cl.Cl. The number of sulfonamides is 1. The van der Waals surface area contributed by atoms with Gasteiger partial charge in [-0.3, -0.25) is 4.98 Å². The lowest BCUT2D eigenvalue weighted by atomic mass is 10.0. The molecule has 3 aromatic rings. The molecule has 0 aromatic carbocycles. The Kier molecular flexibility index (Phi) is 10.4. The average molecular weight is 520 g/mol. The lowest BCUT2D eigenvalue weighted by molar-refractivity contribution is 0.189. The Labute approximate surface area is 205 Å². The molecule has 33 heavy (non-hydrogen) atoms. The Bertz CT molecular complexity index is 1210. The van der Waals surface area contributed by atoms with Gasteiger partial charge in [0.2, 0.25) is 0 Å². The van der Waals surface area contributed by atoms with Gasteiger partial charge in [-0.1, -0.05) is 6.07 Å². The molecule has 0 aliphatic heterocycles. The Hall–Kier alpha value is -2.08. The third-order valence-electron chi connectivity index (χ3n) is 4.93. The van der Waals surface area contributed by atoms with Gasteiger partial charge in [0.1, 0.15) is 5.83 Å². The number of nitrogens with two attached hydrogens (primary N) is 1. The summed E-state index contributed by atoms with van der Waals surface area (Å²) in [5.74, 6) is -0.406. The van der Waals surface area contributed by atoms with Gasteiger partial charge in [0.15, 0.2) is 5.03 Å². The normalized spacial score (nSPS) is 13.0. The van der Waals surface area contributed by atoms with E-state index in [0.717, 1.165) is 15.4 Å². The second-order valence-electron chi connectivity index (χ2n) is 7.35. The van der Waals surface area contributed by atoms with Crippen LogP contribution < -0.4 is 5.73 Å². The van der Waals surface area contributed by atoms with Crippen LogP contribution in [0.5, 0.6) is 0 Å². The fourth-order valence-corrected chi connectivity index (χ4v) is 4.29. The first-order valence-corrected chi connectivity index (χ1v) is 11.2. The van der Waals surface area contributed by atoms with Gasteiger partial charge >= 0.3 is 0 Å². The third kappa shape index (κ3) is 6.08. The number of nitrogens with zero attached hydrogens (tertiary/aromatic N) is 4. The van der Waals surface area contributed by atoms with Gasteiger partial charge in [0.25, 0.3) is 10.0 Å². The monoisotopic (exact) mass is 519 g/mol. The van der Waals surface area contributed by atoms with E-state index in [1.165, 1.54) is 32.4 Å². The Balaban J connectivity index is 0.00000272. The van der Waals surface area contributed by atoms with Gasteiger partial charge in [-0.2, -0.15) is 0 Å². The number of allylic oxidation sites excluding steroid dienone is 1. The van der Waals surface area contributed by atoms with Crippen LogP contribution in [-0.4, -0.2) is 53.0 Å². The molecule has 0 fully saturated rings. The number of fused-ring (bicyclic) bond motifs is 1.